The molecule has 0 amide bonds. The van der Waals surface area contributed by atoms with Gasteiger partial charge in [-0.3, -0.25) is 0 Å². The van der Waals surface area contributed by atoms with E-state index >= 15 is 0 Å². The average Bonchev–Trinajstić information content (AvgIpc) is 2.79. The second-order valence-corrected chi connectivity index (χ2v) is 8.24. The van der Waals surface area contributed by atoms with Crippen LogP contribution < -0.4 is 9.47 Å². The average molecular weight is 426 g/mol. The molecular weight excluding hydrogens is 390 g/mol. The first-order valence-corrected chi connectivity index (χ1v) is 10.7. The lowest BCUT2D eigenvalue weighted by Crippen LogP contribution is -2.37. The van der Waals surface area contributed by atoms with Crippen molar-refractivity contribution >= 4 is 17.6 Å². The lowest BCUT2D eigenvalue weighted by molar-refractivity contribution is -0.139. The summed E-state index contributed by atoms with van der Waals surface area (Å²) < 4.78 is 16.6. The third-order valence-corrected chi connectivity index (χ3v) is 5.17. The van der Waals surface area contributed by atoms with Crippen LogP contribution in [0.3, 0.4) is 0 Å². The summed E-state index contributed by atoms with van der Waals surface area (Å²) in [7, 11) is 3.17. The lowest BCUT2D eigenvalue weighted by atomic mass is 9.94. The van der Waals surface area contributed by atoms with Gasteiger partial charge in [0, 0.05) is 12.0 Å². The number of hydrogen-bond donors (Lipinski definition) is 0. The van der Waals surface area contributed by atoms with E-state index < -0.39 is 0 Å². The summed E-state index contributed by atoms with van der Waals surface area (Å²) in [6.07, 6.45) is 1.85. The molecule has 0 atom stereocenters. The van der Waals surface area contributed by atoms with E-state index in [0.29, 0.717) is 29.2 Å². The molecule has 0 aliphatic carbocycles. The zero-order valence-electron chi connectivity index (χ0n) is 19.6. The predicted octanol–water partition coefficient (Wildman–Crippen LogP) is 5.16. The first-order chi connectivity index (χ1) is 14.8. The van der Waals surface area contributed by atoms with Crippen molar-refractivity contribution in [3.05, 3.63) is 59.7 Å². The third-order valence-electron chi connectivity index (χ3n) is 5.17. The second-order valence-electron chi connectivity index (χ2n) is 8.24. The van der Waals surface area contributed by atoms with Gasteiger partial charge in [0.15, 0.2) is 11.5 Å². The Balaban J connectivity index is 2.31. The quantitative estimate of drug-likeness (QED) is 0.283. The van der Waals surface area contributed by atoms with Crippen LogP contribution in [0.5, 0.6) is 11.5 Å². The molecule has 0 aromatic heterocycles. The lowest BCUT2D eigenvalue weighted by Gasteiger charge is -2.31. The van der Waals surface area contributed by atoms with Gasteiger partial charge in [-0.05, 0) is 42.4 Å². The number of ether oxygens (including phenoxy) is 3. The minimum absolute atomic E-state index is 0.156. The highest BCUT2D eigenvalue weighted by Gasteiger charge is 2.24. The summed E-state index contributed by atoms with van der Waals surface area (Å²) in [4.78, 5) is 15.5. The van der Waals surface area contributed by atoms with Gasteiger partial charge in [0.05, 0.1) is 26.4 Å². The van der Waals surface area contributed by atoms with Gasteiger partial charge in [-0.2, -0.15) is 0 Å². The number of benzene rings is 2. The molecule has 0 unspecified atom stereocenters. The van der Waals surface area contributed by atoms with E-state index in [-0.39, 0.29) is 11.4 Å². The highest BCUT2D eigenvalue weighted by atomic mass is 16.5. The predicted molar refractivity (Wildman–Crippen MR) is 126 cm³/mol. The third kappa shape index (κ3) is 7.14. The molecule has 31 heavy (non-hydrogen) atoms. The van der Waals surface area contributed by atoms with Crippen LogP contribution in [0.4, 0.5) is 0 Å². The minimum atomic E-state index is -0.358. The standard InChI is InChI=1S/C26H35NO4/c1-7-27(8-2)18-26(3,4)19-31-25(28)22(16-20-12-10-9-11-13-20)21-14-15-23(29-5)24(17-21)30-6/h9-17H,7-8,18-19H2,1-6H3. The molecule has 168 valence electrons. The number of methoxy groups -OCH3 is 2. The van der Waals surface area contributed by atoms with Crippen LogP contribution in [-0.4, -0.2) is 51.3 Å². The van der Waals surface area contributed by atoms with Crippen LogP contribution in [-0.2, 0) is 9.53 Å². The van der Waals surface area contributed by atoms with Gasteiger partial charge in [-0.15, -0.1) is 0 Å². The Morgan fingerprint density at radius 1 is 0.968 bits per heavy atom. The van der Waals surface area contributed by atoms with Gasteiger partial charge in [-0.25, -0.2) is 4.79 Å². The zero-order valence-corrected chi connectivity index (χ0v) is 19.6. The van der Waals surface area contributed by atoms with Crippen LogP contribution in [0.15, 0.2) is 48.5 Å². The van der Waals surface area contributed by atoms with Crippen molar-refractivity contribution in [3.8, 4) is 11.5 Å². The first-order valence-electron chi connectivity index (χ1n) is 10.7. The summed E-state index contributed by atoms with van der Waals surface area (Å²) in [5, 5.41) is 0. The molecule has 0 bridgehead atoms. The van der Waals surface area contributed by atoms with Gasteiger partial charge in [-0.1, -0.05) is 64.1 Å². The Bertz CT molecular complexity index is 870. The molecule has 5 nitrogen and oxygen atoms in total. The van der Waals surface area contributed by atoms with E-state index in [4.69, 9.17) is 14.2 Å². The molecule has 0 radical (unpaired) electrons. The number of carbonyl (C=O) groups is 1. The van der Waals surface area contributed by atoms with E-state index in [1.165, 1.54) is 0 Å². The van der Waals surface area contributed by atoms with E-state index in [2.05, 4.69) is 32.6 Å². The zero-order chi connectivity index (χ0) is 22.9. The van der Waals surface area contributed by atoms with Gasteiger partial charge in [0.2, 0.25) is 0 Å². The number of nitrogens with zero attached hydrogens (tertiary/aromatic N) is 1. The summed E-state index contributed by atoms with van der Waals surface area (Å²) in [6.45, 7) is 11.7. The molecule has 0 saturated carbocycles. The van der Waals surface area contributed by atoms with Crippen molar-refractivity contribution in [2.45, 2.75) is 27.7 Å². The minimum Gasteiger partial charge on any atom is -0.493 e. The maximum Gasteiger partial charge on any atom is 0.338 e. The molecular formula is C26H35NO4. The largest absolute Gasteiger partial charge is 0.493 e. The molecule has 5 heteroatoms. The fraction of sp³-hybridized carbons (Fsp3) is 0.423. The Labute approximate surface area is 186 Å². The van der Waals surface area contributed by atoms with E-state index in [0.717, 1.165) is 25.2 Å². The van der Waals surface area contributed by atoms with Crippen molar-refractivity contribution < 1.29 is 19.0 Å². The topological polar surface area (TPSA) is 48.0 Å². The van der Waals surface area contributed by atoms with Gasteiger partial charge >= 0.3 is 5.97 Å². The Kier molecular flexibility index (Phi) is 9.13. The monoisotopic (exact) mass is 425 g/mol. The van der Waals surface area contributed by atoms with Crippen LogP contribution in [0.1, 0.15) is 38.8 Å². The van der Waals surface area contributed by atoms with Crippen molar-refractivity contribution in [2.24, 2.45) is 5.41 Å². The fourth-order valence-corrected chi connectivity index (χ4v) is 3.42. The summed E-state index contributed by atoms with van der Waals surface area (Å²) in [5.41, 5.74) is 1.96. The molecule has 2 rings (SSSR count). The SMILES string of the molecule is CCN(CC)CC(C)(C)COC(=O)C(=Cc1ccccc1)c1ccc(OC)c(OC)c1. The maximum absolute atomic E-state index is 13.2. The van der Waals surface area contributed by atoms with E-state index in [1.54, 1.807) is 26.4 Å². The Hall–Kier alpha value is -2.79. The second kappa shape index (κ2) is 11.6. The highest BCUT2D eigenvalue weighted by molar-refractivity contribution is 6.21. The van der Waals surface area contributed by atoms with Crippen molar-refractivity contribution in [2.75, 3.05) is 40.5 Å². The van der Waals surface area contributed by atoms with Crippen molar-refractivity contribution in [1.82, 2.24) is 4.90 Å². The maximum atomic E-state index is 13.2. The molecule has 0 aliphatic heterocycles. The summed E-state index contributed by atoms with van der Waals surface area (Å²) in [6, 6.07) is 15.2. The molecule has 0 spiro atoms. The van der Waals surface area contributed by atoms with E-state index in [1.807, 2.05) is 42.5 Å². The Morgan fingerprint density at radius 2 is 1.61 bits per heavy atom. The normalized spacial score (nSPS) is 12.0. The molecule has 2 aromatic rings. The summed E-state index contributed by atoms with van der Waals surface area (Å²) in [5.74, 6) is 0.816. The van der Waals surface area contributed by atoms with Crippen molar-refractivity contribution in [1.29, 1.82) is 0 Å². The smallest absolute Gasteiger partial charge is 0.338 e. The molecule has 0 aliphatic rings. The summed E-state index contributed by atoms with van der Waals surface area (Å²) >= 11 is 0. The highest BCUT2D eigenvalue weighted by Crippen LogP contribution is 2.32. The van der Waals surface area contributed by atoms with E-state index in [9.17, 15) is 4.79 Å². The fourth-order valence-electron chi connectivity index (χ4n) is 3.42. The molecule has 0 heterocycles. The van der Waals surface area contributed by atoms with Crippen molar-refractivity contribution in [3.63, 3.8) is 0 Å². The number of hydrogen-bond acceptors (Lipinski definition) is 5. The van der Waals surface area contributed by atoms with Crippen LogP contribution in [0.2, 0.25) is 0 Å². The molecule has 0 fully saturated rings. The number of carbonyl (C=O) groups excluding carboxylic acids is 1. The molecule has 0 saturated heterocycles. The van der Waals surface area contributed by atoms with Crippen LogP contribution in [0, 0.1) is 5.41 Å². The molecule has 2 aromatic carbocycles. The number of rotatable bonds is 11. The Morgan fingerprint density at radius 3 is 2.19 bits per heavy atom. The van der Waals surface area contributed by atoms with Crippen LogP contribution >= 0.6 is 0 Å². The number of esters is 1. The van der Waals surface area contributed by atoms with Gasteiger partial charge in [0.1, 0.15) is 0 Å². The first kappa shape index (κ1) is 24.5. The van der Waals surface area contributed by atoms with Gasteiger partial charge in [0.25, 0.3) is 0 Å². The molecule has 0 N–H and O–H groups in total. The van der Waals surface area contributed by atoms with Gasteiger partial charge < -0.3 is 19.1 Å². The van der Waals surface area contributed by atoms with Crippen LogP contribution in [0.25, 0.3) is 11.6 Å².